The highest BCUT2D eigenvalue weighted by Gasteiger charge is 2.18. The largest absolute Gasteiger partial charge is 0.478 e. The molecule has 3 nitrogen and oxygen atoms in total. The molecule has 80 valence electrons. The molecule has 0 heterocycles. The molecule has 0 saturated heterocycles. The van der Waals surface area contributed by atoms with Crippen molar-refractivity contribution in [2.24, 2.45) is 0 Å². The second-order valence-electron chi connectivity index (χ2n) is 4.11. The molecule has 2 rings (SSSR count). The van der Waals surface area contributed by atoms with Crippen LogP contribution in [-0.2, 0) is 0 Å². The predicted octanol–water partition coefficient (Wildman–Crippen LogP) is 2.66. The minimum absolute atomic E-state index is 0.349. The SMILES string of the molecule is Cc1ccc(C(=O)O)cc1NC1CCC1. The fourth-order valence-corrected chi connectivity index (χ4v) is 1.68. The van der Waals surface area contributed by atoms with E-state index in [0.29, 0.717) is 11.6 Å². The van der Waals surface area contributed by atoms with Crippen LogP contribution < -0.4 is 5.32 Å². The number of nitrogens with one attached hydrogen (secondary N) is 1. The Bertz CT molecular complexity index is 383. The Morgan fingerprint density at radius 1 is 1.47 bits per heavy atom. The maximum absolute atomic E-state index is 10.8. The third kappa shape index (κ3) is 2.12. The molecular weight excluding hydrogens is 190 g/mol. The van der Waals surface area contributed by atoms with Crippen molar-refractivity contribution in [3.63, 3.8) is 0 Å². The molecule has 0 spiro atoms. The van der Waals surface area contributed by atoms with Crippen LogP contribution in [0.3, 0.4) is 0 Å². The zero-order valence-electron chi connectivity index (χ0n) is 8.79. The van der Waals surface area contributed by atoms with Crippen LogP contribution in [-0.4, -0.2) is 17.1 Å². The summed E-state index contributed by atoms with van der Waals surface area (Å²) >= 11 is 0. The van der Waals surface area contributed by atoms with Gasteiger partial charge in [0.25, 0.3) is 0 Å². The number of benzene rings is 1. The van der Waals surface area contributed by atoms with Crippen molar-refractivity contribution >= 4 is 11.7 Å². The topological polar surface area (TPSA) is 49.3 Å². The van der Waals surface area contributed by atoms with E-state index in [2.05, 4.69) is 5.32 Å². The van der Waals surface area contributed by atoms with E-state index < -0.39 is 5.97 Å². The molecule has 0 atom stereocenters. The first-order valence-electron chi connectivity index (χ1n) is 5.27. The smallest absolute Gasteiger partial charge is 0.335 e. The number of anilines is 1. The Morgan fingerprint density at radius 2 is 2.20 bits per heavy atom. The van der Waals surface area contributed by atoms with Gasteiger partial charge < -0.3 is 10.4 Å². The van der Waals surface area contributed by atoms with Gasteiger partial charge in [-0.2, -0.15) is 0 Å². The number of carboxylic acid groups (broad SMARTS) is 1. The van der Waals surface area contributed by atoms with Crippen LogP contribution in [0.1, 0.15) is 35.2 Å². The van der Waals surface area contributed by atoms with Gasteiger partial charge in [-0.15, -0.1) is 0 Å². The molecule has 15 heavy (non-hydrogen) atoms. The van der Waals surface area contributed by atoms with Gasteiger partial charge in [-0.1, -0.05) is 6.07 Å². The average Bonchev–Trinajstić information content (AvgIpc) is 2.13. The number of rotatable bonds is 3. The van der Waals surface area contributed by atoms with E-state index in [-0.39, 0.29) is 0 Å². The summed E-state index contributed by atoms with van der Waals surface area (Å²) in [5, 5.41) is 12.3. The van der Waals surface area contributed by atoms with E-state index in [1.807, 2.05) is 13.0 Å². The van der Waals surface area contributed by atoms with Gasteiger partial charge in [0.15, 0.2) is 0 Å². The zero-order chi connectivity index (χ0) is 10.8. The van der Waals surface area contributed by atoms with Gasteiger partial charge in [-0.25, -0.2) is 4.79 Å². The third-order valence-corrected chi connectivity index (χ3v) is 2.95. The summed E-state index contributed by atoms with van der Waals surface area (Å²) in [5.74, 6) is -0.869. The van der Waals surface area contributed by atoms with Gasteiger partial charge in [-0.3, -0.25) is 0 Å². The molecule has 0 aromatic heterocycles. The number of hydrogen-bond acceptors (Lipinski definition) is 2. The fraction of sp³-hybridized carbons (Fsp3) is 0.417. The van der Waals surface area contributed by atoms with Crippen molar-refractivity contribution in [3.05, 3.63) is 29.3 Å². The quantitative estimate of drug-likeness (QED) is 0.797. The molecule has 0 amide bonds. The Morgan fingerprint density at radius 3 is 2.73 bits per heavy atom. The minimum Gasteiger partial charge on any atom is -0.478 e. The van der Waals surface area contributed by atoms with Gasteiger partial charge in [0.1, 0.15) is 0 Å². The lowest BCUT2D eigenvalue weighted by atomic mass is 9.92. The van der Waals surface area contributed by atoms with Gasteiger partial charge in [0.05, 0.1) is 5.56 Å². The summed E-state index contributed by atoms with van der Waals surface area (Å²) in [6.45, 7) is 1.99. The molecule has 0 bridgehead atoms. The summed E-state index contributed by atoms with van der Waals surface area (Å²) in [6, 6.07) is 5.75. The number of carbonyl (C=O) groups is 1. The third-order valence-electron chi connectivity index (χ3n) is 2.95. The zero-order valence-corrected chi connectivity index (χ0v) is 8.79. The molecule has 1 aliphatic rings. The molecule has 1 saturated carbocycles. The van der Waals surface area contributed by atoms with E-state index in [1.54, 1.807) is 12.1 Å². The van der Waals surface area contributed by atoms with Crippen molar-refractivity contribution in [1.29, 1.82) is 0 Å². The fourth-order valence-electron chi connectivity index (χ4n) is 1.68. The van der Waals surface area contributed by atoms with Crippen molar-refractivity contribution in [2.75, 3.05) is 5.32 Å². The highest BCUT2D eigenvalue weighted by Crippen LogP contribution is 2.25. The van der Waals surface area contributed by atoms with Crippen LogP contribution in [0.2, 0.25) is 0 Å². The Kier molecular flexibility index (Phi) is 2.62. The molecule has 3 heteroatoms. The maximum atomic E-state index is 10.8. The molecule has 1 fully saturated rings. The molecular formula is C12H15NO2. The van der Waals surface area contributed by atoms with Crippen LogP contribution in [0.5, 0.6) is 0 Å². The summed E-state index contributed by atoms with van der Waals surface area (Å²) < 4.78 is 0. The summed E-state index contributed by atoms with van der Waals surface area (Å²) in [4.78, 5) is 10.8. The van der Waals surface area contributed by atoms with Crippen molar-refractivity contribution in [3.8, 4) is 0 Å². The standard InChI is InChI=1S/C12H15NO2/c1-8-5-6-9(12(14)15)7-11(8)13-10-3-2-4-10/h5-7,10,13H,2-4H2,1H3,(H,14,15). The number of carboxylic acids is 1. The number of aryl methyl sites for hydroxylation is 1. The van der Waals surface area contributed by atoms with E-state index in [4.69, 9.17) is 5.11 Å². The van der Waals surface area contributed by atoms with E-state index in [9.17, 15) is 4.79 Å². The van der Waals surface area contributed by atoms with Crippen molar-refractivity contribution in [1.82, 2.24) is 0 Å². The molecule has 1 aromatic carbocycles. The normalized spacial score (nSPS) is 15.8. The molecule has 0 radical (unpaired) electrons. The first kappa shape index (κ1) is 10.0. The molecule has 0 unspecified atom stereocenters. The monoisotopic (exact) mass is 205 g/mol. The summed E-state index contributed by atoms with van der Waals surface area (Å²) in [5.41, 5.74) is 2.41. The molecule has 0 aliphatic heterocycles. The van der Waals surface area contributed by atoms with E-state index in [1.165, 1.54) is 19.3 Å². The van der Waals surface area contributed by atoms with Crippen LogP contribution in [0.4, 0.5) is 5.69 Å². The van der Waals surface area contributed by atoms with Crippen molar-refractivity contribution in [2.45, 2.75) is 32.2 Å². The molecule has 1 aromatic rings. The van der Waals surface area contributed by atoms with E-state index >= 15 is 0 Å². The predicted molar refractivity (Wildman–Crippen MR) is 59.4 cm³/mol. The maximum Gasteiger partial charge on any atom is 0.335 e. The van der Waals surface area contributed by atoms with Gasteiger partial charge in [0.2, 0.25) is 0 Å². The lowest BCUT2D eigenvalue weighted by Gasteiger charge is -2.28. The summed E-state index contributed by atoms with van der Waals surface area (Å²) in [7, 11) is 0. The lowest BCUT2D eigenvalue weighted by Crippen LogP contribution is -2.27. The Labute approximate surface area is 89.1 Å². The van der Waals surface area contributed by atoms with Crippen LogP contribution in [0.15, 0.2) is 18.2 Å². The van der Waals surface area contributed by atoms with Gasteiger partial charge in [-0.05, 0) is 43.9 Å². The second-order valence-corrected chi connectivity index (χ2v) is 4.11. The van der Waals surface area contributed by atoms with Crippen molar-refractivity contribution < 1.29 is 9.90 Å². The number of aromatic carboxylic acids is 1. The van der Waals surface area contributed by atoms with Crippen LogP contribution in [0.25, 0.3) is 0 Å². The average molecular weight is 205 g/mol. The molecule has 1 aliphatic carbocycles. The van der Waals surface area contributed by atoms with E-state index in [0.717, 1.165) is 11.3 Å². The molecule has 2 N–H and O–H groups in total. The Hall–Kier alpha value is -1.51. The highest BCUT2D eigenvalue weighted by atomic mass is 16.4. The Balaban J connectivity index is 2.19. The van der Waals surface area contributed by atoms with Gasteiger partial charge in [0, 0.05) is 11.7 Å². The second kappa shape index (κ2) is 3.93. The van der Waals surface area contributed by atoms with Gasteiger partial charge >= 0.3 is 5.97 Å². The first-order valence-corrected chi connectivity index (χ1v) is 5.27. The highest BCUT2D eigenvalue weighted by molar-refractivity contribution is 5.89. The minimum atomic E-state index is -0.869. The van der Waals surface area contributed by atoms with Crippen LogP contribution >= 0.6 is 0 Å². The number of hydrogen-bond donors (Lipinski definition) is 2. The van der Waals surface area contributed by atoms with Crippen LogP contribution in [0, 0.1) is 6.92 Å². The summed E-state index contributed by atoms with van der Waals surface area (Å²) in [6.07, 6.45) is 3.66. The lowest BCUT2D eigenvalue weighted by molar-refractivity contribution is 0.0697. The first-order chi connectivity index (χ1) is 7.16.